The Hall–Kier alpha value is -0.860. The Morgan fingerprint density at radius 2 is 2.25 bits per heavy atom. The number of fused-ring (bicyclic) bond motifs is 1. The Balaban J connectivity index is 1.92. The van der Waals surface area contributed by atoms with Gasteiger partial charge in [0.25, 0.3) is 0 Å². The molecule has 86 valence electrons. The summed E-state index contributed by atoms with van der Waals surface area (Å²) >= 11 is 0. The average Bonchev–Trinajstić information content (AvgIpc) is 3.13. The van der Waals surface area contributed by atoms with Crippen LogP contribution in [-0.4, -0.2) is 13.7 Å². The lowest BCUT2D eigenvalue weighted by Gasteiger charge is -2.27. The van der Waals surface area contributed by atoms with Gasteiger partial charge in [-0.15, -0.1) is 0 Å². The summed E-state index contributed by atoms with van der Waals surface area (Å²) in [5, 5.41) is 3.67. The molecule has 1 heterocycles. The van der Waals surface area contributed by atoms with Crippen molar-refractivity contribution in [2.75, 3.05) is 13.7 Å². The minimum absolute atomic E-state index is 0.612. The molecule has 0 amide bonds. The molecule has 3 rings (SSSR count). The van der Waals surface area contributed by atoms with E-state index in [9.17, 15) is 0 Å². The molecule has 0 radical (unpaired) electrons. The Labute approximate surface area is 97.0 Å². The van der Waals surface area contributed by atoms with Gasteiger partial charge < -0.3 is 10.1 Å². The van der Waals surface area contributed by atoms with Crippen LogP contribution in [0.2, 0.25) is 0 Å². The Bertz CT molecular complexity index is 384. The van der Waals surface area contributed by atoms with Crippen LogP contribution in [0.5, 0.6) is 0 Å². The first-order chi connectivity index (χ1) is 7.88. The van der Waals surface area contributed by atoms with Gasteiger partial charge in [-0.3, -0.25) is 0 Å². The number of nitrogens with one attached hydrogen (secondary N) is 1. The summed E-state index contributed by atoms with van der Waals surface area (Å²) in [5.74, 6) is 0.886. The maximum absolute atomic E-state index is 5.21. The van der Waals surface area contributed by atoms with Crippen molar-refractivity contribution >= 4 is 0 Å². The zero-order chi connectivity index (χ0) is 11.0. The van der Waals surface area contributed by atoms with E-state index in [1.54, 1.807) is 7.11 Å². The predicted molar refractivity (Wildman–Crippen MR) is 64.3 cm³/mol. The van der Waals surface area contributed by atoms with Crippen LogP contribution >= 0.6 is 0 Å². The summed E-state index contributed by atoms with van der Waals surface area (Å²) < 4.78 is 5.21. The number of hydrogen-bond donors (Lipinski definition) is 1. The van der Waals surface area contributed by atoms with Gasteiger partial charge in [-0.25, -0.2) is 0 Å². The highest BCUT2D eigenvalue weighted by molar-refractivity contribution is 5.37. The highest BCUT2D eigenvalue weighted by atomic mass is 16.5. The molecule has 0 spiro atoms. The van der Waals surface area contributed by atoms with Crippen molar-refractivity contribution in [1.29, 1.82) is 0 Å². The average molecular weight is 217 g/mol. The lowest BCUT2D eigenvalue weighted by molar-refractivity contribution is 0.184. The molecule has 1 saturated carbocycles. The van der Waals surface area contributed by atoms with Crippen molar-refractivity contribution in [2.24, 2.45) is 5.92 Å². The third kappa shape index (κ3) is 1.87. The SMILES string of the molecule is COCc1ccc2c(c1)C(C1CC1)NCC2. The molecule has 0 aromatic heterocycles. The zero-order valence-corrected chi connectivity index (χ0v) is 9.83. The lowest BCUT2D eigenvalue weighted by Crippen LogP contribution is -2.31. The number of rotatable bonds is 3. The van der Waals surface area contributed by atoms with E-state index in [0.717, 1.165) is 19.1 Å². The highest BCUT2D eigenvalue weighted by Gasteiger charge is 2.34. The molecule has 1 atom stereocenters. The van der Waals surface area contributed by atoms with Gasteiger partial charge in [-0.1, -0.05) is 18.2 Å². The molecule has 16 heavy (non-hydrogen) atoms. The van der Waals surface area contributed by atoms with Crippen LogP contribution < -0.4 is 5.32 Å². The van der Waals surface area contributed by atoms with Crippen molar-refractivity contribution in [3.05, 3.63) is 34.9 Å². The Morgan fingerprint density at radius 1 is 1.38 bits per heavy atom. The van der Waals surface area contributed by atoms with Gasteiger partial charge in [-0.2, -0.15) is 0 Å². The number of ether oxygens (including phenoxy) is 1. The fourth-order valence-electron chi connectivity index (χ4n) is 2.74. The second kappa shape index (κ2) is 4.19. The molecule has 2 aliphatic rings. The van der Waals surface area contributed by atoms with E-state index < -0.39 is 0 Å². The molecule has 0 bridgehead atoms. The quantitative estimate of drug-likeness (QED) is 0.839. The number of benzene rings is 1. The summed E-state index contributed by atoms with van der Waals surface area (Å²) in [5.41, 5.74) is 4.37. The third-order valence-corrected chi connectivity index (χ3v) is 3.71. The lowest BCUT2D eigenvalue weighted by atomic mass is 9.90. The van der Waals surface area contributed by atoms with Crippen LogP contribution in [0.25, 0.3) is 0 Å². The van der Waals surface area contributed by atoms with Crippen LogP contribution in [0.15, 0.2) is 18.2 Å². The largest absolute Gasteiger partial charge is 0.380 e. The summed E-state index contributed by atoms with van der Waals surface area (Å²) in [6.45, 7) is 1.86. The van der Waals surface area contributed by atoms with E-state index in [4.69, 9.17) is 4.74 Å². The topological polar surface area (TPSA) is 21.3 Å². The normalized spacial score (nSPS) is 24.2. The predicted octanol–water partition coefficient (Wildman–Crippen LogP) is 2.43. The summed E-state index contributed by atoms with van der Waals surface area (Å²) in [6, 6.07) is 7.45. The van der Waals surface area contributed by atoms with Crippen molar-refractivity contribution in [1.82, 2.24) is 5.32 Å². The standard InChI is InChI=1S/C14H19NO/c1-16-9-10-2-3-11-6-7-15-14(12-4-5-12)13(11)8-10/h2-3,8,12,14-15H,4-7,9H2,1H3. The van der Waals surface area contributed by atoms with E-state index in [0.29, 0.717) is 6.04 Å². The molecule has 1 aromatic carbocycles. The van der Waals surface area contributed by atoms with Crippen LogP contribution in [-0.2, 0) is 17.8 Å². The first kappa shape index (κ1) is 10.3. The van der Waals surface area contributed by atoms with Gasteiger partial charge >= 0.3 is 0 Å². The fraction of sp³-hybridized carbons (Fsp3) is 0.571. The highest BCUT2D eigenvalue weighted by Crippen LogP contribution is 2.43. The van der Waals surface area contributed by atoms with Crippen LogP contribution in [0, 0.1) is 5.92 Å². The zero-order valence-electron chi connectivity index (χ0n) is 9.83. The Morgan fingerprint density at radius 3 is 3.00 bits per heavy atom. The molecule has 2 heteroatoms. The molecule has 1 N–H and O–H groups in total. The van der Waals surface area contributed by atoms with Crippen molar-refractivity contribution < 1.29 is 4.74 Å². The Kier molecular flexibility index (Phi) is 2.70. The van der Waals surface area contributed by atoms with E-state index >= 15 is 0 Å². The molecule has 1 unspecified atom stereocenters. The van der Waals surface area contributed by atoms with Crippen molar-refractivity contribution in [2.45, 2.75) is 31.9 Å². The second-order valence-electron chi connectivity index (χ2n) is 4.99. The maximum atomic E-state index is 5.21. The third-order valence-electron chi connectivity index (χ3n) is 3.71. The fourth-order valence-corrected chi connectivity index (χ4v) is 2.74. The summed E-state index contributed by atoms with van der Waals surface area (Å²) in [6.07, 6.45) is 3.96. The minimum Gasteiger partial charge on any atom is -0.380 e. The van der Waals surface area contributed by atoms with Crippen LogP contribution in [0.4, 0.5) is 0 Å². The van der Waals surface area contributed by atoms with Gasteiger partial charge in [0, 0.05) is 13.2 Å². The van der Waals surface area contributed by atoms with E-state index in [-0.39, 0.29) is 0 Å². The first-order valence-corrected chi connectivity index (χ1v) is 6.22. The van der Waals surface area contributed by atoms with Gasteiger partial charge in [0.15, 0.2) is 0 Å². The van der Waals surface area contributed by atoms with E-state index in [1.165, 1.54) is 36.0 Å². The summed E-state index contributed by atoms with van der Waals surface area (Å²) in [4.78, 5) is 0. The number of hydrogen-bond acceptors (Lipinski definition) is 2. The van der Waals surface area contributed by atoms with Gasteiger partial charge in [-0.05, 0) is 48.4 Å². The summed E-state index contributed by atoms with van der Waals surface area (Å²) in [7, 11) is 1.76. The molecule has 0 saturated heterocycles. The molecular weight excluding hydrogens is 198 g/mol. The van der Waals surface area contributed by atoms with Crippen molar-refractivity contribution in [3.63, 3.8) is 0 Å². The van der Waals surface area contributed by atoms with Gasteiger partial charge in [0.1, 0.15) is 0 Å². The van der Waals surface area contributed by atoms with Gasteiger partial charge in [0.2, 0.25) is 0 Å². The maximum Gasteiger partial charge on any atom is 0.0713 e. The van der Waals surface area contributed by atoms with Gasteiger partial charge in [0.05, 0.1) is 6.61 Å². The van der Waals surface area contributed by atoms with E-state index in [1.807, 2.05) is 0 Å². The van der Waals surface area contributed by atoms with Crippen molar-refractivity contribution in [3.8, 4) is 0 Å². The monoisotopic (exact) mass is 217 g/mol. The molecule has 1 aliphatic carbocycles. The number of methoxy groups -OCH3 is 1. The van der Waals surface area contributed by atoms with Crippen LogP contribution in [0.1, 0.15) is 35.6 Å². The molecule has 1 fully saturated rings. The van der Waals surface area contributed by atoms with E-state index in [2.05, 4.69) is 23.5 Å². The molecule has 1 aromatic rings. The molecule has 2 nitrogen and oxygen atoms in total. The first-order valence-electron chi connectivity index (χ1n) is 6.22. The second-order valence-corrected chi connectivity index (χ2v) is 4.99. The smallest absolute Gasteiger partial charge is 0.0713 e. The molecule has 1 aliphatic heterocycles. The van der Waals surface area contributed by atoms with Crippen LogP contribution in [0.3, 0.4) is 0 Å². The minimum atomic E-state index is 0.612. The molecular formula is C14H19NO.